The van der Waals surface area contributed by atoms with Crippen molar-refractivity contribution in [2.45, 2.75) is 13.0 Å². The minimum absolute atomic E-state index is 0.150. The van der Waals surface area contributed by atoms with E-state index in [4.69, 9.17) is 23.2 Å². The molecule has 0 fully saturated rings. The third-order valence-corrected chi connectivity index (χ3v) is 5.31. The molecule has 0 saturated heterocycles. The lowest BCUT2D eigenvalue weighted by Crippen LogP contribution is -2.05. The van der Waals surface area contributed by atoms with E-state index in [1.165, 1.54) is 4.88 Å². The van der Waals surface area contributed by atoms with Gasteiger partial charge in [0.05, 0.1) is 21.8 Å². The van der Waals surface area contributed by atoms with Crippen LogP contribution < -0.4 is 5.32 Å². The summed E-state index contributed by atoms with van der Waals surface area (Å²) in [6.45, 7) is 2.08. The first-order valence-electron chi connectivity index (χ1n) is 5.12. The van der Waals surface area contributed by atoms with Crippen molar-refractivity contribution in [1.82, 2.24) is 0 Å². The molecule has 0 amide bonds. The van der Waals surface area contributed by atoms with Crippen molar-refractivity contribution >= 4 is 72.1 Å². The molecule has 0 bridgehead atoms. The molecule has 2 rings (SSSR count). The summed E-state index contributed by atoms with van der Waals surface area (Å²) in [5.41, 5.74) is 0.763. The highest BCUT2D eigenvalue weighted by atomic mass is 79.9. The van der Waals surface area contributed by atoms with Gasteiger partial charge >= 0.3 is 0 Å². The van der Waals surface area contributed by atoms with E-state index in [1.54, 1.807) is 11.3 Å². The number of thiophene rings is 1. The van der Waals surface area contributed by atoms with Crippen molar-refractivity contribution in [3.8, 4) is 0 Å². The summed E-state index contributed by atoms with van der Waals surface area (Å²) in [7, 11) is 0. The van der Waals surface area contributed by atoms with Gasteiger partial charge in [0.2, 0.25) is 0 Å². The van der Waals surface area contributed by atoms with Crippen LogP contribution in [0, 0.1) is 0 Å². The van der Waals surface area contributed by atoms with Crippen LogP contribution >= 0.6 is 66.4 Å². The predicted octanol–water partition coefficient (Wildman–Crippen LogP) is 6.75. The quantitative estimate of drug-likeness (QED) is 0.568. The molecule has 1 atom stereocenters. The topological polar surface area (TPSA) is 12.0 Å². The lowest BCUT2D eigenvalue weighted by atomic mass is 10.2. The highest BCUT2D eigenvalue weighted by Gasteiger charge is 2.13. The van der Waals surface area contributed by atoms with E-state index in [2.05, 4.69) is 55.5 Å². The molecule has 0 aliphatic rings. The van der Waals surface area contributed by atoms with Crippen LogP contribution in [-0.4, -0.2) is 0 Å². The lowest BCUT2D eigenvalue weighted by molar-refractivity contribution is 0.908. The van der Waals surface area contributed by atoms with Crippen LogP contribution in [0.2, 0.25) is 10.0 Å². The van der Waals surface area contributed by atoms with Gasteiger partial charge in [-0.2, -0.15) is 0 Å². The molecule has 2 aromatic rings. The van der Waals surface area contributed by atoms with Gasteiger partial charge in [0.15, 0.2) is 0 Å². The summed E-state index contributed by atoms with van der Waals surface area (Å²) in [6, 6.07) is 5.89. The second-order valence-electron chi connectivity index (χ2n) is 3.78. The first-order chi connectivity index (χ1) is 8.47. The van der Waals surface area contributed by atoms with Crippen LogP contribution in [-0.2, 0) is 0 Å². The molecule has 1 heterocycles. The van der Waals surface area contributed by atoms with E-state index in [0.29, 0.717) is 10.0 Å². The second kappa shape index (κ2) is 6.14. The van der Waals surface area contributed by atoms with Crippen molar-refractivity contribution in [2.75, 3.05) is 5.32 Å². The zero-order valence-electron chi connectivity index (χ0n) is 9.31. The summed E-state index contributed by atoms with van der Waals surface area (Å²) >= 11 is 20.9. The van der Waals surface area contributed by atoms with E-state index in [-0.39, 0.29) is 6.04 Å². The number of halogens is 4. The fourth-order valence-electron chi connectivity index (χ4n) is 1.52. The Kier molecular flexibility index (Phi) is 5.00. The number of rotatable bonds is 3. The fraction of sp³-hybridized carbons (Fsp3) is 0.167. The van der Waals surface area contributed by atoms with Gasteiger partial charge in [-0.05, 0) is 41.1 Å². The highest BCUT2D eigenvalue weighted by molar-refractivity contribution is 9.10. The maximum Gasteiger partial charge on any atom is 0.0724 e. The monoisotopic (exact) mass is 427 g/mol. The zero-order chi connectivity index (χ0) is 13.3. The average Bonchev–Trinajstić information content (AvgIpc) is 2.70. The molecule has 0 radical (unpaired) electrons. The molecule has 1 nitrogen and oxygen atoms in total. The van der Waals surface area contributed by atoms with Gasteiger partial charge in [-0.25, -0.2) is 0 Å². The van der Waals surface area contributed by atoms with E-state index in [0.717, 1.165) is 14.6 Å². The maximum atomic E-state index is 6.19. The molecule has 0 aliphatic carbocycles. The largest absolute Gasteiger partial charge is 0.375 e. The minimum Gasteiger partial charge on any atom is -0.375 e. The Hall–Kier alpha value is 0.260. The van der Waals surface area contributed by atoms with Crippen LogP contribution in [0.3, 0.4) is 0 Å². The first-order valence-corrected chi connectivity index (χ1v) is 8.34. The van der Waals surface area contributed by atoms with Gasteiger partial charge in [0.25, 0.3) is 0 Å². The molecule has 1 aromatic carbocycles. The minimum atomic E-state index is 0.150. The molecule has 1 aromatic heterocycles. The van der Waals surface area contributed by atoms with Crippen molar-refractivity contribution < 1.29 is 0 Å². The van der Waals surface area contributed by atoms with Gasteiger partial charge in [-0.15, -0.1) is 11.3 Å². The van der Waals surface area contributed by atoms with E-state index in [1.807, 2.05) is 12.1 Å². The summed E-state index contributed by atoms with van der Waals surface area (Å²) in [5, 5.41) is 6.61. The van der Waals surface area contributed by atoms with Crippen LogP contribution in [0.4, 0.5) is 5.69 Å². The average molecular weight is 430 g/mol. The third-order valence-electron chi connectivity index (χ3n) is 2.38. The van der Waals surface area contributed by atoms with Crippen LogP contribution in [0.5, 0.6) is 0 Å². The van der Waals surface area contributed by atoms with Crippen molar-refractivity contribution in [2.24, 2.45) is 0 Å². The Morgan fingerprint density at radius 1 is 1.11 bits per heavy atom. The van der Waals surface area contributed by atoms with Crippen LogP contribution in [0.1, 0.15) is 17.8 Å². The van der Waals surface area contributed by atoms with E-state index < -0.39 is 0 Å². The zero-order valence-corrected chi connectivity index (χ0v) is 14.8. The molecule has 18 heavy (non-hydrogen) atoms. The van der Waals surface area contributed by atoms with Gasteiger partial charge in [0, 0.05) is 19.2 Å². The Balaban J connectivity index is 2.24. The number of hydrogen-bond donors (Lipinski definition) is 1. The number of nitrogens with one attached hydrogen (secondary N) is 1. The standard InChI is InChI=1S/C12H9Br2Cl2NS/c1-6(11-4-8(14)5-18-11)17-12-9(15)2-7(13)3-10(12)16/h2-6,17H,1H3. The summed E-state index contributed by atoms with van der Waals surface area (Å²) in [4.78, 5) is 1.22. The summed E-state index contributed by atoms with van der Waals surface area (Å²) in [6.07, 6.45) is 0. The lowest BCUT2D eigenvalue weighted by Gasteiger charge is -2.16. The fourth-order valence-corrected chi connectivity index (χ4v) is 4.29. The van der Waals surface area contributed by atoms with Gasteiger partial charge in [-0.3, -0.25) is 0 Å². The number of anilines is 1. The summed E-state index contributed by atoms with van der Waals surface area (Å²) < 4.78 is 1.96. The number of benzene rings is 1. The van der Waals surface area contributed by atoms with Crippen molar-refractivity contribution in [3.05, 3.63) is 47.4 Å². The smallest absolute Gasteiger partial charge is 0.0724 e. The first kappa shape index (κ1) is 14.7. The third kappa shape index (κ3) is 3.42. The molecule has 0 spiro atoms. The van der Waals surface area contributed by atoms with Crippen LogP contribution in [0.15, 0.2) is 32.5 Å². The van der Waals surface area contributed by atoms with E-state index in [9.17, 15) is 0 Å². The molecule has 1 unspecified atom stereocenters. The van der Waals surface area contributed by atoms with Crippen molar-refractivity contribution in [3.63, 3.8) is 0 Å². The normalized spacial score (nSPS) is 12.5. The predicted molar refractivity (Wildman–Crippen MR) is 88.2 cm³/mol. The number of hydrogen-bond acceptors (Lipinski definition) is 2. The van der Waals surface area contributed by atoms with Crippen molar-refractivity contribution in [1.29, 1.82) is 0 Å². The van der Waals surface area contributed by atoms with E-state index >= 15 is 0 Å². The van der Waals surface area contributed by atoms with Crippen LogP contribution in [0.25, 0.3) is 0 Å². The highest BCUT2D eigenvalue weighted by Crippen LogP contribution is 2.37. The molecular formula is C12H9Br2Cl2NS. The van der Waals surface area contributed by atoms with Gasteiger partial charge < -0.3 is 5.32 Å². The Morgan fingerprint density at radius 2 is 1.72 bits per heavy atom. The molecule has 1 N–H and O–H groups in total. The Morgan fingerprint density at radius 3 is 2.22 bits per heavy atom. The second-order valence-corrected chi connectivity index (χ2v) is 7.37. The molecule has 0 saturated carbocycles. The molecular weight excluding hydrogens is 421 g/mol. The Labute approximate surface area is 137 Å². The van der Waals surface area contributed by atoms with Gasteiger partial charge in [-0.1, -0.05) is 39.1 Å². The summed E-state index contributed by atoms with van der Waals surface area (Å²) in [5.74, 6) is 0. The SMILES string of the molecule is CC(Nc1c(Cl)cc(Br)cc1Cl)c1cc(Br)cs1. The Bertz CT molecular complexity index is 548. The molecule has 0 aliphatic heterocycles. The molecule has 96 valence electrons. The molecule has 6 heteroatoms. The van der Waals surface area contributed by atoms with Gasteiger partial charge in [0.1, 0.15) is 0 Å². The maximum absolute atomic E-state index is 6.19.